The molecular formula is C22H24ClF3N4O. The largest absolute Gasteiger partial charge is 0.411 e. The lowest BCUT2D eigenvalue weighted by Crippen LogP contribution is -2.22. The van der Waals surface area contributed by atoms with Crippen LogP contribution < -0.4 is 5.32 Å². The van der Waals surface area contributed by atoms with Gasteiger partial charge < -0.3 is 15.4 Å². The van der Waals surface area contributed by atoms with E-state index in [-0.39, 0.29) is 40.7 Å². The fourth-order valence-electron chi connectivity index (χ4n) is 3.66. The van der Waals surface area contributed by atoms with E-state index < -0.39 is 17.5 Å². The van der Waals surface area contributed by atoms with Crippen molar-refractivity contribution in [3.63, 3.8) is 0 Å². The highest BCUT2D eigenvalue weighted by Crippen LogP contribution is 2.33. The molecule has 2 aromatic carbocycles. The molecule has 2 aromatic rings. The minimum atomic E-state index is -1.07. The van der Waals surface area contributed by atoms with Crippen molar-refractivity contribution in [3.05, 3.63) is 63.4 Å². The number of halogens is 4. The molecule has 166 valence electrons. The summed E-state index contributed by atoms with van der Waals surface area (Å²) in [6, 6.07) is 5.10. The normalized spacial score (nSPS) is 16.0. The number of rotatable bonds is 7. The second-order valence-corrected chi connectivity index (χ2v) is 8.41. The summed E-state index contributed by atoms with van der Waals surface area (Å²) in [4.78, 5) is 6.58. The van der Waals surface area contributed by atoms with Gasteiger partial charge in [0, 0.05) is 31.5 Å². The fraction of sp³-hybridized carbons (Fsp3) is 0.364. The molecule has 1 heterocycles. The molecule has 0 radical (unpaired) electrons. The summed E-state index contributed by atoms with van der Waals surface area (Å²) >= 11 is 5.82. The molecular weight excluding hydrogens is 429 g/mol. The van der Waals surface area contributed by atoms with Crippen LogP contribution in [0.25, 0.3) is 0 Å². The first-order valence-corrected chi connectivity index (χ1v) is 10.2. The minimum absolute atomic E-state index is 0.00713. The lowest BCUT2D eigenvalue weighted by atomic mass is 9.95. The summed E-state index contributed by atoms with van der Waals surface area (Å²) in [7, 11) is 3.95. The Morgan fingerprint density at radius 2 is 1.97 bits per heavy atom. The van der Waals surface area contributed by atoms with Gasteiger partial charge in [0.2, 0.25) is 0 Å². The predicted octanol–water partition coefficient (Wildman–Crippen LogP) is 4.74. The Hall–Kier alpha value is -2.58. The molecule has 0 saturated carbocycles. The Balaban J connectivity index is 1.89. The van der Waals surface area contributed by atoms with Crippen LogP contribution in [0.3, 0.4) is 0 Å². The molecule has 0 saturated heterocycles. The zero-order valence-electron chi connectivity index (χ0n) is 17.5. The Morgan fingerprint density at radius 3 is 2.61 bits per heavy atom. The molecule has 5 nitrogen and oxygen atoms in total. The van der Waals surface area contributed by atoms with E-state index in [1.165, 1.54) is 18.2 Å². The molecule has 0 bridgehead atoms. The quantitative estimate of drug-likeness (QED) is 0.362. The van der Waals surface area contributed by atoms with E-state index in [1.807, 2.05) is 14.1 Å². The number of nitrogens with zero attached hydrogens (tertiary/aromatic N) is 3. The number of amidine groups is 1. The molecule has 1 atom stereocenters. The highest BCUT2D eigenvalue weighted by molar-refractivity contribution is 6.30. The van der Waals surface area contributed by atoms with Crippen molar-refractivity contribution < 1.29 is 18.4 Å². The number of fused-ring (bicyclic) bond motifs is 1. The fourth-order valence-corrected chi connectivity index (χ4v) is 3.86. The summed E-state index contributed by atoms with van der Waals surface area (Å²) in [5, 5.41) is 15.7. The van der Waals surface area contributed by atoms with Crippen molar-refractivity contribution in [2.24, 2.45) is 16.1 Å². The van der Waals surface area contributed by atoms with Crippen LogP contribution in [-0.4, -0.2) is 48.8 Å². The maximum absolute atomic E-state index is 14.5. The number of benzene rings is 2. The average Bonchev–Trinajstić information content (AvgIpc) is 3.14. The first kappa shape index (κ1) is 23.1. The van der Waals surface area contributed by atoms with Crippen molar-refractivity contribution in [2.45, 2.75) is 19.8 Å². The molecule has 0 spiro atoms. The van der Waals surface area contributed by atoms with Crippen molar-refractivity contribution in [3.8, 4) is 0 Å². The van der Waals surface area contributed by atoms with Crippen molar-refractivity contribution in [2.75, 3.05) is 32.5 Å². The molecule has 1 unspecified atom stereocenters. The number of hydrogen-bond acceptors (Lipinski definition) is 4. The van der Waals surface area contributed by atoms with Gasteiger partial charge >= 0.3 is 0 Å². The summed E-state index contributed by atoms with van der Waals surface area (Å²) in [5.74, 6) is -1.84. The third kappa shape index (κ3) is 5.37. The van der Waals surface area contributed by atoms with Gasteiger partial charge in [-0.3, -0.25) is 4.99 Å². The minimum Gasteiger partial charge on any atom is -0.411 e. The van der Waals surface area contributed by atoms with Crippen molar-refractivity contribution in [1.82, 2.24) is 4.90 Å². The lowest BCUT2D eigenvalue weighted by molar-refractivity contribution is 0.318. The van der Waals surface area contributed by atoms with Crippen molar-refractivity contribution in [1.29, 1.82) is 0 Å². The standard InChI is InChI=1S/C22H24ClF3N4O/c1-12(11-30(2)3)10-27-20-9-15-14(8-18(25)21(26)22(15)28-20)19(29-31)7-13-4-5-17(24)16(23)6-13/h4-6,8,12,31H,7,9-11H2,1-3H3,(H,27,28)/b29-19+. The zero-order valence-corrected chi connectivity index (χ0v) is 18.3. The molecule has 0 amide bonds. The SMILES string of the molecule is CC(CN=C1Cc2c(/C(Cc3ccc(F)c(Cl)c3)=N/O)cc(F)c(F)c2N1)CN(C)C. The van der Waals surface area contributed by atoms with Gasteiger partial charge in [0.25, 0.3) is 0 Å². The molecule has 3 rings (SSSR count). The van der Waals surface area contributed by atoms with Crippen LogP contribution in [0.15, 0.2) is 34.4 Å². The second kappa shape index (κ2) is 9.70. The van der Waals surface area contributed by atoms with Gasteiger partial charge in [-0.1, -0.05) is 29.7 Å². The first-order valence-electron chi connectivity index (χ1n) is 9.80. The van der Waals surface area contributed by atoms with Crippen LogP contribution >= 0.6 is 11.6 Å². The maximum Gasteiger partial charge on any atom is 0.182 e. The first-order chi connectivity index (χ1) is 14.7. The van der Waals surface area contributed by atoms with Gasteiger partial charge in [0.05, 0.1) is 16.4 Å². The van der Waals surface area contributed by atoms with Crippen LogP contribution in [-0.2, 0) is 12.8 Å². The topological polar surface area (TPSA) is 60.2 Å². The molecule has 0 aromatic heterocycles. The molecule has 0 fully saturated rings. The molecule has 1 aliphatic heterocycles. The van der Waals surface area contributed by atoms with Gasteiger partial charge in [0.15, 0.2) is 11.6 Å². The van der Waals surface area contributed by atoms with Crippen LogP contribution in [0, 0.1) is 23.4 Å². The summed E-state index contributed by atoms with van der Waals surface area (Å²) in [6.07, 6.45) is 0.306. The van der Waals surface area contributed by atoms with E-state index in [9.17, 15) is 18.4 Å². The second-order valence-electron chi connectivity index (χ2n) is 8.00. The number of nitrogens with one attached hydrogen (secondary N) is 1. The molecule has 1 aliphatic rings. The lowest BCUT2D eigenvalue weighted by Gasteiger charge is -2.14. The van der Waals surface area contributed by atoms with E-state index in [0.29, 0.717) is 23.5 Å². The van der Waals surface area contributed by atoms with Crippen LogP contribution in [0.5, 0.6) is 0 Å². The number of hydrogen-bond donors (Lipinski definition) is 2. The number of oxime groups is 1. The summed E-state index contributed by atoms with van der Waals surface area (Å²) in [5.41, 5.74) is 1.39. The Kier molecular flexibility index (Phi) is 7.23. The highest BCUT2D eigenvalue weighted by atomic mass is 35.5. The molecule has 2 N–H and O–H groups in total. The third-order valence-electron chi connectivity index (χ3n) is 5.00. The van der Waals surface area contributed by atoms with E-state index in [1.54, 1.807) is 0 Å². The van der Waals surface area contributed by atoms with Gasteiger partial charge in [-0.15, -0.1) is 0 Å². The van der Waals surface area contributed by atoms with Gasteiger partial charge in [-0.05, 0) is 49.3 Å². The van der Waals surface area contributed by atoms with Crippen LogP contribution in [0.1, 0.15) is 23.6 Å². The predicted molar refractivity (Wildman–Crippen MR) is 117 cm³/mol. The molecule has 31 heavy (non-hydrogen) atoms. The van der Waals surface area contributed by atoms with E-state index in [2.05, 4.69) is 27.3 Å². The van der Waals surface area contributed by atoms with E-state index >= 15 is 0 Å². The average molecular weight is 453 g/mol. The van der Waals surface area contributed by atoms with Gasteiger partial charge in [0.1, 0.15) is 11.7 Å². The Labute approximate surface area is 184 Å². The van der Waals surface area contributed by atoms with Gasteiger partial charge in [-0.25, -0.2) is 13.2 Å². The number of aliphatic imine (C=N–C) groups is 1. The highest BCUT2D eigenvalue weighted by Gasteiger charge is 2.28. The van der Waals surface area contributed by atoms with Crippen LogP contribution in [0.2, 0.25) is 5.02 Å². The smallest absolute Gasteiger partial charge is 0.182 e. The van der Waals surface area contributed by atoms with Crippen LogP contribution in [0.4, 0.5) is 18.9 Å². The summed E-state index contributed by atoms with van der Waals surface area (Å²) < 4.78 is 42.2. The summed E-state index contributed by atoms with van der Waals surface area (Å²) in [6.45, 7) is 3.44. The Morgan fingerprint density at radius 1 is 1.23 bits per heavy atom. The van der Waals surface area contributed by atoms with E-state index in [4.69, 9.17) is 11.6 Å². The zero-order chi connectivity index (χ0) is 22.7. The third-order valence-corrected chi connectivity index (χ3v) is 5.29. The Bertz CT molecular complexity index is 1040. The monoisotopic (exact) mass is 452 g/mol. The molecule has 0 aliphatic carbocycles. The number of anilines is 1. The van der Waals surface area contributed by atoms with Crippen molar-refractivity contribution >= 4 is 28.8 Å². The maximum atomic E-state index is 14.5. The van der Waals surface area contributed by atoms with Gasteiger partial charge in [-0.2, -0.15) is 0 Å². The molecule has 9 heteroatoms. The van der Waals surface area contributed by atoms with E-state index in [0.717, 1.165) is 12.6 Å².